The minimum absolute atomic E-state index is 0.0830. The number of fused-ring (bicyclic) bond motifs is 1. The van der Waals surface area contributed by atoms with E-state index in [1.165, 1.54) is 0 Å². The van der Waals surface area contributed by atoms with E-state index in [-0.39, 0.29) is 18.0 Å². The molecule has 1 amide bonds. The van der Waals surface area contributed by atoms with Crippen molar-refractivity contribution in [3.8, 4) is 5.75 Å². The number of rotatable bonds is 4. The molecule has 5 nitrogen and oxygen atoms in total. The molecule has 2 aromatic carbocycles. The van der Waals surface area contributed by atoms with Crippen molar-refractivity contribution in [2.45, 2.75) is 34.2 Å². The lowest BCUT2D eigenvalue weighted by Gasteiger charge is -2.30. The number of aromatic nitrogens is 1. The van der Waals surface area contributed by atoms with Crippen molar-refractivity contribution >= 4 is 22.5 Å². The molecule has 0 radical (unpaired) electrons. The number of carbonyl (C=O) groups is 1. The molecule has 0 bridgehead atoms. The Morgan fingerprint density at radius 2 is 1.82 bits per heavy atom. The van der Waals surface area contributed by atoms with Crippen LogP contribution in [0.15, 0.2) is 53.3 Å². The first kappa shape index (κ1) is 19.7. The van der Waals surface area contributed by atoms with E-state index in [2.05, 4.69) is 4.98 Å². The summed E-state index contributed by atoms with van der Waals surface area (Å²) < 4.78 is 5.46. The van der Waals surface area contributed by atoms with Crippen LogP contribution in [0.5, 0.6) is 5.75 Å². The maximum absolute atomic E-state index is 13.2. The van der Waals surface area contributed by atoms with Crippen molar-refractivity contribution in [2.24, 2.45) is 5.41 Å². The summed E-state index contributed by atoms with van der Waals surface area (Å²) in [6.07, 6.45) is 0. The lowest BCUT2D eigenvalue weighted by atomic mass is 9.94. The first-order valence-corrected chi connectivity index (χ1v) is 9.28. The molecule has 5 heteroatoms. The van der Waals surface area contributed by atoms with E-state index in [4.69, 9.17) is 4.74 Å². The van der Waals surface area contributed by atoms with Crippen molar-refractivity contribution in [1.82, 2.24) is 4.98 Å². The van der Waals surface area contributed by atoms with Gasteiger partial charge in [-0.15, -0.1) is 0 Å². The Balaban J connectivity index is 2.11. The zero-order chi connectivity index (χ0) is 20.5. The predicted molar refractivity (Wildman–Crippen MR) is 113 cm³/mol. The minimum atomic E-state index is -0.610. The van der Waals surface area contributed by atoms with Crippen LogP contribution in [0.1, 0.15) is 31.9 Å². The largest absolute Gasteiger partial charge is 0.495 e. The van der Waals surface area contributed by atoms with Gasteiger partial charge in [0, 0.05) is 16.5 Å². The number of amides is 1. The number of nitrogens with zero attached hydrogens (tertiary/aromatic N) is 1. The summed E-state index contributed by atoms with van der Waals surface area (Å²) in [5.41, 5.74) is 2.24. The van der Waals surface area contributed by atoms with Gasteiger partial charge in [0.1, 0.15) is 5.75 Å². The molecule has 28 heavy (non-hydrogen) atoms. The van der Waals surface area contributed by atoms with Gasteiger partial charge in [0.15, 0.2) is 0 Å². The van der Waals surface area contributed by atoms with Gasteiger partial charge in [-0.3, -0.25) is 9.59 Å². The molecule has 0 aliphatic carbocycles. The molecule has 0 atom stereocenters. The Hall–Kier alpha value is -3.08. The number of pyridine rings is 1. The van der Waals surface area contributed by atoms with Crippen LogP contribution in [0, 0.1) is 12.3 Å². The molecule has 0 aliphatic heterocycles. The van der Waals surface area contributed by atoms with Crippen LogP contribution in [-0.4, -0.2) is 18.0 Å². The highest BCUT2D eigenvalue weighted by Crippen LogP contribution is 2.32. The Labute approximate surface area is 165 Å². The third-order valence-electron chi connectivity index (χ3n) is 4.67. The smallest absolute Gasteiger partial charge is 0.253 e. The van der Waals surface area contributed by atoms with Gasteiger partial charge in [0.05, 0.1) is 19.3 Å². The summed E-state index contributed by atoms with van der Waals surface area (Å²) in [7, 11) is 1.57. The van der Waals surface area contributed by atoms with Gasteiger partial charge in [0.2, 0.25) is 5.91 Å². The molecular weight excluding hydrogens is 352 g/mol. The molecule has 3 rings (SSSR count). The van der Waals surface area contributed by atoms with Crippen LogP contribution < -0.4 is 15.2 Å². The fourth-order valence-corrected chi connectivity index (χ4v) is 3.17. The van der Waals surface area contributed by atoms with Crippen molar-refractivity contribution in [1.29, 1.82) is 0 Å². The van der Waals surface area contributed by atoms with Crippen molar-refractivity contribution in [3.05, 3.63) is 70.0 Å². The number of carbonyl (C=O) groups excluding carboxylic acids is 1. The Bertz CT molecular complexity index is 1080. The molecule has 0 aliphatic rings. The van der Waals surface area contributed by atoms with Crippen LogP contribution in [0.4, 0.5) is 5.69 Å². The van der Waals surface area contributed by atoms with Gasteiger partial charge in [-0.1, -0.05) is 45.0 Å². The summed E-state index contributed by atoms with van der Waals surface area (Å²) >= 11 is 0. The van der Waals surface area contributed by atoms with Crippen LogP contribution in [-0.2, 0) is 11.3 Å². The number of nitrogens with one attached hydrogen (secondary N) is 1. The maximum Gasteiger partial charge on any atom is 0.253 e. The number of anilines is 1. The van der Waals surface area contributed by atoms with Crippen LogP contribution in [0.3, 0.4) is 0 Å². The number of methoxy groups -OCH3 is 1. The lowest BCUT2D eigenvalue weighted by molar-refractivity contribution is -0.125. The van der Waals surface area contributed by atoms with E-state index < -0.39 is 5.41 Å². The summed E-state index contributed by atoms with van der Waals surface area (Å²) in [5, 5.41) is 0.934. The van der Waals surface area contributed by atoms with Crippen molar-refractivity contribution in [3.63, 3.8) is 0 Å². The molecule has 146 valence electrons. The second-order valence-electron chi connectivity index (χ2n) is 8.03. The molecule has 1 N–H and O–H groups in total. The zero-order valence-corrected chi connectivity index (χ0v) is 17.0. The van der Waals surface area contributed by atoms with Gasteiger partial charge < -0.3 is 14.6 Å². The van der Waals surface area contributed by atoms with Crippen LogP contribution in [0.2, 0.25) is 0 Å². The number of hydrogen-bond acceptors (Lipinski definition) is 3. The Kier molecular flexibility index (Phi) is 5.27. The molecular formula is C23H26N2O3. The van der Waals surface area contributed by atoms with E-state index >= 15 is 0 Å². The topological polar surface area (TPSA) is 62.4 Å². The monoisotopic (exact) mass is 378 g/mol. The fraction of sp³-hybridized carbons (Fsp3) is 0.304. The standard InChI is InChI=1S/C23H26N2O3/c1-15-10-11-16-13-17(21(26)24-18(16)12-15)14-25(22(27)23(2,3)4)19-8-6-7-9-20(19)28-5/h6-13H,14H2,1-5H3,(H,24,26). The third-order valence-corrected chi connectivity index (χ3v) is 4.67. The van der Waals surface area contributed by atoms with E-state index in [1.807, 2.05) is 76.2 Å². The highest BCUT2D eigenvalue weighted by molar-refractivity contribution is 5.98. The SMILES string of the molecule is COc1ccccc1N(Cc1cc2ccc(C)cc2[nH]c1=O)C(=O)C(C)(C)C. The molecule has 1 heterocycles. The molecule has 3 aromatic rings. The second kappa shape index (κ2) is 7.50. The molecule has 0 saturated carbocycles. The number of benzene rings is 2. The number of aryl methyl sites for hydroxylation is 1. The second-order valence-corrected chi connectivity index (χ2v) is 8.03. The highest BCUT2D eigenvalue weighted by Gasteiger charge is 2.30. The molecule has 0 fully saturated rings. The summed E-state index contributed by atoms with van der Waals surface area (Å²) in [6.45, 7) is 7.74. The van der Waals surface area contributed by atoms with E-state index in [1.54, 1.807) is 12.0 Å². The number of H-pyrrole nitrogens is 1. The normalized spacial score (nSPS) is 11.5. The number of ether oxygens (including phenoxy) is 1. The third kappa shape index (κ3) is 3.93. The van der Waals surface area contributed by atoms with E-state index in [0.29, 0.717) is 17.0 Å². The van der Waals surface area contributed by atoms with E-state index in [0.717, 1.165) is 16.5 Å². The lowest BCUT2D eigenvalue weighted by Crippen LogP contribution is -2.40. The fourth-order valence-electron chi connectivity index (χ4n) is 3.17. The average molecular weight is 378 g/mol. The Morgan fingerprint density at radius 3 is 2.50 bits per heavy atom. The van der Waals surface area contributed by atoms with Crippen molar-refractivity contribution in [2.75, 3.05) is 12.0 Å². The van der Waals surface area contributed by atoms with Crippen molar-refractivity contribution < 1.29 is 9.53 Å². The van der Waals surface area contributed by atoms with Crippen LogP contribution in [0.25, 0.3) is 10.9 Å². The summed E-state index contributed by atoms with van der Waals surface area (Å²) in [4.78, 5) is 30.5. The number of para-hydroxylation sites is 2. The zero-order valence-electron chi connectivity index (χ0n) is 17.0. The maximum atomic E-state index is 13.2. The van der Waals surface area contributed by atoms with Gasteiger partial charge in [0.25, 0.3) is 5.56 Å². The quantitative estimate of drug-likeness (QED) is 0.731. The predicted octanol–water partition coefficient (Wildman–Crippen LogP) is 4.42. The highest BCUT2D eigenvalue weighted by atomic mass is 16.5. The van der Waals surface area contributed by atoms with E-state index in [9.17, 15) is 9.59 Å². The van der Waals surface area contributed by atoms with Gasteiger partial charge in [-0.05, 0) is 42.1 Å². The number of aromatic amines is 1. The summed E-state index contributed by atoms with van der Waals surface area (Å²) in [6, 6.07) is 15.1. The molecule has 0 unspecified atom stereocenters. The summed E-state index contributed by atoms with van der Waals surface area (Å²) in [5.74, 6) is 0.508. The Morgan fingerprint density at radius 1 is 1.11 bits per heavy atom. The first-order chi connectivity index (χ1) is 13.2. The molecule has 0 saturated heterocycles. The molecule has 1 aromatic heterocycles. The minimum Gasteiger partial charge on any atom is -0.495 e. The van der Waals surface area contributed by atoms with Crippen LogP contribution >= 0.6 is 0 Å². The van der Waals surface area contributed by atoms with Gasteiger partial charge in [-0.25, -0.2) is 0 Å². The average Bonchev–Trinajstić information content (AvgIpc) is 2.65. The molecule has 0 spiro atoms. The number of hydrogen-bond donors (Lipinski definition) is 1. The first-order valence-electron chi connectivity index (χ1n) is 9.28. The van der Waals surface area contributed by atoms with Gasteiger partial charge in [-0.2, -0.15) is 0 Å². The van der Waals surface area contributed by atoms with Gasteiger partial charge >= 0.3 is 0 Å².